The predicted molar refractivity (Wildman–Crippen MR) is 118 cm³/mol. The molecule has 1 aliphatic rings. The largest absolute Gasteiger partial charge is 0.508 e. The van der Waals surface area contributed by atoms with Crippen molar-refractivity contribution in [1.82, 2.24) is 4.98 Å². The lowest BCUT2D eigenvalue weighted by molar-refractivity contribution is -0.187. The monoisotopic (exact) mass is 416 g/mol. The van der Waals surface area contributed by atoms with Gasteiger partial charge in [-0.05, 0) is 57.3 Å². The van der Waals surface area contributed by atoms with Crippen molar-refractivity contribution in [1.29, 1.82) is 0 Å². The molecule has 0 aliphatic carbocycles. The molecule has 2 aromatic carbocycles. The first kappa shape index (κ1) is 19.6. The molecule has 0 amide bonds. The van der Waals surface area contributed by atoms with Gasteiger partial charge < -0.3 is 14.6 Å². The molecule has 0 bridgehead atoms. The van der Waals surface area contributed by atoms with Crippen molar-refractivity contribution in [2.45, 2.75) is 52.2 Å². The fourth-order valence-corrected chi connectivity index (χ4v) is 5.42. The van der Waals surface area contributed by atoms with Gasteiger partial charge >= 0.3 is 0 Å². The van der Waals surface area contributed by atoms with Gasteiger partial charge in [0.2, 0.25) is 0 Å². The Labute approximate surface area is 172 Å². The van der Waals surface area contributed by atoms with Crippen LogP contribution in [0.1, 0.15) is 32.7 Å². The molecule has 1 aliphatic heterocycles. The van der Waals surface area contributed by atoms with Crippen LogP contribution in [0.25, 0.3) is 21.0 Å². The van der Waals surface area contributed by atoms with Gasteiger partial charge in [0.05, 0.1) is 22.4 Å². The molecule has 1 aromatic heterocycles. The topological polar surface area (TPSA) is 63.9 Å². The van der Waals surface area contributed by atoms with Crippen LogP contribution in [0.2, 0.25) is 0 Å². The van der Waals surface area contributed by atoms with Crippen LogP contribution >= 0.6 is 23.1 Å². The molecule has 3 aromatic rings. The van der Waals surface area contributed by atoms with Crippen LogP contribution in [0, 0.1) is 0 Å². The second-order valence-electron chi connectivity index (χ2n) is 7.39. The number of rotatable bonds is 6. The average Bonchev–Trinajstić information content (AvgIpc) is 3.27. The molecule has 1 N–H and O–H groups in total. The Morgan fingerprint density at radius 1 is 1.07 bits per heavy atom. The number of aromatic hydroxyl groups is 1. The molecular weight excluding hydrogens is 392 g/mol. The van der Waals surface area contributed by atoms with Gasteiger partial charge in [-0.1, -0.05) is 6.07 Å². The Bertz CT molecular complexity index is 1020. The van der Waals surface area contributed by atoms with Crippen molar-refractivity contribution in [2.75, 3.05) is 5.75 Å². The van der Waals surface area contributed by atoms with Crippen LogP contribution in [0.4, 0.5) is 0 Å². The van der Waals surface area contributed by atoms with Crippen molar-refractivity contribution in [2.24, 2.45) is 4.99 Å². The molecule has 1 atom stereocenters. The number of fused-ring (bicyclic) bond motifs is 3. The first-order valence-electron chi connectivity index (χ1n) is 9.45. The number of aromatic nitrogens is 1. The highest BCUT2D eigenvalue weighted by molar-refractivity contribution is 8.15. The van der Waals surface area contributed by atoms with E-state index in [1.54, 1.807) is 35.2 Å². The molecule has 148 valence electrons. The van der Waals surface area contributed by atoms with Gasteiger partial charge in [0.25, 0.3) is 0 Å². The van der Waals surface area contributed by atoms with Crippen LogP contribution in [-0.2, 0) is 9.47 Å². The number of hydrogen-bond acceptors (Lipinski definition) is 7. The zero-order chi connectivity index (χ0) is 19.8. The maximum Gasteiger partial charge on any atom is 0.181 e. The maximum atomic E-state index is 9.73. The molecule has 2 heterocycles. The highest BCUT2D eigenvalue weighted by atomic mass is 32.2. The summed E-state index contributed by atoms with van der Waals surface area (Å²) in [5.41, 5.74) is 0.957. The number of phenols is 1. The van der Waals surface area contributed by atoms with Crippen molar-refractivity contribution in [3.63, 3.8) is 0 Å². The van der Waals surface area contributed by atoms with E-state index in [4.69, 9.17) is 19.5 Å². The molecule has 4 rings (SSSR count). The van der Waals surface area contributed by atoms with Crippen molar-refractivity contribution in [3.8, 4) is 5.75 Å². The van der Waals surface area contributed by atoms with E-state index in [9.17, 15) is 5.11 Å². The van der Waals surface area contributed by atoms with Crippen molar-refractivity contribution < 1.29 is 14.6 Å². The minimum atomic E-state index is -0.344. The molecule has 1 unspecified atom stereocenters. The number of aliphatic imine (C=N–C) groups is 1. The standard InChI is InChI=1S/C21H24N2O3S2/c1-11(2)25-21(26-12(3)4)17-10-27-19(23-17)20-22-16-8-5-13-9-14(24)6-7-15(13)18(16)28-20/h5-9,11-12,17,21,24H,10H2,1-4H3. The number of thioether (sulfide) groups is 1. The van der Waals surface area contributed by atoms with E-state index >= 15 is 0 Å². The first-order valence-corrected chi connectivity index (χ1v) is 11.2. The molecule has 0 fully saturated rings. The minimum absolute atomic E-state index is 0.0366. The summed E-state index contributed by atoms with van der Waals surface area (Å²) in [6.45, 7) is 8.05. The summed E-state index contributed by atoms with van der Waals surface area (Å²) in [5, 5.41) is 13.7. The molecule has 7 heteroatoms. The van der Waals surface area contributed by atoms with Gasteiger partial charge in [-0.3, -0.25) is 4.99 Å². The Hall–Kier alpha value is -1.67. The highest BCUT2D eigenvalue weighted by Crippen LogP contribution is 2.35. The van der Waals surface area contributed by atoms with Gasteiger partial charge in [0, 0.05) is 11.1 Å². The third-order valence-corrected chi connectivity index (χ3v) is 6.66. The number of nitrogens with zero attached hydrogens (tertiary/aromatic N) is 2. The molecule has 28 heavy (non-hydrogen) atoms. The highest BCUT2D eigenvalue weighted by Gasteiger charge is 2.31. The molecule has 0 radical (unpaired) electrons. The lowest BCUT2D eigenvalue weighted by Crippen LogP contribution is -2.35. The van der Waals surface area contributed by atoms with E-state index in [2.05, 4.69) is 0 Å². The van der Waals surface area contributed by atoms with Crippen LogP contribution in [0.15, 0.2) is 35.3 Å². The normalized spacial score (nSPS) is 17.5. The van der Waals surface area contributed by atoms with Gasteiger partial charge in [0.1, 0.15) is 21.8 Å². The molecule has 0 saturated carbocycles. The number of thiazole rings is 1. The zero-order valence-corrected chi connectivity index (χ0v) is 18.0. The van der Waals surface area contributed by atoms with Gasteiger partial charge in [-0.15, -0.1) is 23.1 Å². The number of phenolic OH excluding ortho intramolecular Hbond substituents is 1. The first-order chi connectivity index (χ1) is 13.4. The van der Waals surface area contributed by atoms with E-state index in [0.717, 1.165) is 36.8 Å². The lowest BCUT2D eigenvalue weighted by Gasteiger charge is -2.25. The van der Waals surface area contributed by atoms with E-state index in [1.807, 2.05) is 45.9 Å². The fourth-order valence-electron chi connectivity index (χ4n) is 3.19. The van der Waals surface area contributed by atoms with E-state index < -0.39 is 0 Å². The number of benzene rings is 2. The Morgan fingerprint density at radius 2 is 1.82 bits per heavy atom. The van der Waals surface area contributed by atoms with E-state index in [1.165, 1.54) is 0 Å². The fraction of sp³-hybridized carbons (Fsp3) is 0.429. The van der Waals surface area contributed by atoms with Crippen LogP contribution in [0.3, 0.4) is 0 Å². The molecule has 5 nitrogen and oxygen atoms in total. The van der Waals surface area contributed by atoms with Crippen LogP contribution in [0.5, 0.6) is 5.75 Å². The van der Waals surface area contributed by atoms with E-state index in [-0.39, 0.29) is 30.3 Å². The molecule has 0 spiro atoms. The average molecular weight is 417 g/mol. The summed E-state index contributed by atoms with van der Waals surface area (Å²) in [6.07, 6.45) is -0.181. The Morgan fingerprint density at radius 3 is 2.54 bits per heavy atom. The number of hydrogen-bond donors (Lipinski definition) is 1. The third kappa shape index (κ3) is 4.03. The predicted octanol–water partition coefficient (Wildman–Crippen LogP) is 5.19. The molecular formula is C21H24N2O3S2. The zero-order valence-electron chi connectivity index (χ0n) is 16.4. The lowest BCUT2D eigenvalue weighted by atomic mass is 10.1. The second kappa shape index (κ2) is 7.99. The maximum absolute atomic E-state index is 9.73. The minimum Gasteiger partial charge on any atom is -0.508 e. The van der Waals surface area contributed by atoms with Crippen LogP contribution in [-0.4, -0.2) is 45.4 Å². The summed E-state index contributed by atoms with van der Waals surface area (Å²) in [5.74, 6) is 1.10. The number of ether oxygens (including phenoxy) is 2. The summed E-state index contributed by atoms with van der Waals surface area (Å²) < 4.78 is 13.1. The quantitative estimate of drug-likeness (QED) is 0.560. The third-order valence-electron chi connectivity index (χ3n) is 4.34. The summed E-state index contributed by atoms with van der Waals surface area (Å²) in [7, 11) is 0. The Balaban J connectivity index is 1.66. The molecule has 0 saturated heterocycles. The summed E-state index contributed by atoms with van der Waals surface area (Å²) >= 11 is 3.35. The van der Waals surface area contributed by atoms with Crippen molar-refractivity contribution in [3.05, 3.63) is 35.3 Å². The summed E-state index contributed by atoms with van der Waals surface area (Å²) in [6, 6.07) is 9.41. The van der Waals surface area contributed by atoms with Crippen LogP contribution < -0.4 is 0 Å². The van der Waals surface area contributed by atoms with Gasteiger partial charge in [-0.25, -0.2) is 4.98 Å². The van der Waals surface area contributed by atoms with Crippen molar-refractivity contribution >= 4 is 49.1 Å². The van der Waals surface area contributed by atoms with Gasteiger partial charge in [-0.2, -0.15) is 0 Å². The smallest absolute Gasteiger partial charge is 0.181 e. The summed E-state index contributed by atoms with van der Waals surface area (Å²) in [4.78, 5) is 9.70. The Kier molecular flexibility index (Phi) is 5.60. The second-order valence-corrected chi connectivity index (χ2v) is 9.40. The van der Waals surface area contributed by atoms with Gasteiger partial charge in [0.15, 0.2) is 6.29 Å². The van der Waals surface area contributed by atoms with E-state index in [0.29, 0.717) is 0 Å². The SMILES string of the molecule is CC(C)OC(OC(C)C)C1CSC(c2nc3ccc4cc(O)ccc4c3s2)=N1.